The van der Waals surface area contributed by atoms with Crippen molar-refractivity contribution in [2.75, 3.05) is 46.3 Å². The van der Waals surface area contributed by atoms with Crippen molar-refractivity contribution in [1.82, 2.24) is 20.3 Å². The predicted octanol–water partition coefficient (Wildman–Crippen LogP) is 0.168. The van der Waals surface area contributed by atoms with Gasteiger partial charge in [-0.3, -0.25) is 5.01 Å². The number of rotatable bonds is 2. The number of nitrogens with one attached hydrogen (secondary N) is 1. The van der Waals surface area contributed by atoms with Gasteiger partial charge in [0.05, 0.1) is 0 Å². The van der Waals surface area contributed by atoms with Gasteiger partial charge in [-0.2, -0.15) is 5.10 Å². The molecule has 5 heteroatoms. The highest BCUT2D eigenvalue weighted by atomic mass is 15.6. The van der Waals surface area contributed by atoms with Gasteiger partial charge in [-0.15, -0.1) is 0 Å². The van der Waals surface area contributed by atoms with Crippen LogP contribution in [0.4, 0.5) is 0 Å². The monoisotopic (exact) mass is 225 g/mol. The van der Waals surface area contributed by atoms with E-state index in [1.165, 1.54) is 12.8 Å². The lowest BCUT2D eigenvalue weighted by Crippen LogP contribution is -2.44. The first kappa shape index (κ1) is 11.7. The van der Waals surface area contributed by atoms with Gasteiger partial charge in [-0.05, 0) is 26.8 Å². The van der Waals surface area contributed by atoms with Crippen LogP contribution in [0.25, 0.3) is 0 Å². The van der Waals surface area contributed by atoms with Crippen LogP contribution in [0.2, 0.25) is 0 Å². The van der Waals surface area contributed by atoms with E-state index in [1.807, 2.05) is 0 Å². The third-order valence-corrected chi connectivity index (χ3v) is 3.20. The molecule has 0 saturated carbocycles. The van der Waals surface area contributed by atoms with E-state index in [0.717, 1.165) is 45.1 Å². The minimum absolute atomic E-state index is 1.02. The zero-order chi connectivity index (χ0) is 11.4. The Kier molecular flexibility index (Phi) is 4.01. The van der Waals surface area contributed by atoms with Crippen molar-refractivity contribution in [3.05, 3.63) is 0 Å². The van der Waals surface area contributed by atoms with E-state index in [-0.39, 0.29) is 0 Å². The molecule has 92 valence electrons. The third-order valence-electron chi connectivity index (χ3n) is 3.20. The lowest BCUT2D eigenvalue weighted by Gasteiger charge is -2.31. The van der Waals surface area contributed by atoms with Crippen molar-refractivity contribution >= 4 is 5.84 Å². The van der Waals surface area contributed by atoms with Crippen LogP contribution in [-0.4, -0.2) is 67.1 Å². The fourth-order valence-corrected chi connectivity index (χ4v) is 2.19. The Labute approximate surface area is 98.0 Å². The maximum atomic E-state index is 4.60. The fraction of sp³-hybridized carbons (Fsp3) is 0.909. The summed E-state index contributed by atoms with van der Waals surface area (Å²) in [5, 5.41) is 9.03. The van der Waals surface area contributed by atoms with Crippen molar-refractivity contribution in [1.29, 1.82) is 0 Å². The molecular weight excluding hydrogens is 202 g/mol. The summed E-state index contributed by atoms with van der Waals surface area (Å²) in [6.07, 6.45) is 2.60. The largest absolute Gasteiger partial charge is 0.305 e. The average molecular weight is 225 g/mol. The van der Waals surface area contributed by atoms with Gasteiger partial charge in [0.2, 0.25) is 0 Å². The predicted molar refractivity (Wildman–Crippen MR) is 66.1 cm³/mol. The second kappa shape index (κ2) is 5.50. The first-order chi connectivity index (χ1) is 7.74. The molecule has 0 atom stereocenters. The Bertz CT molecular complexity index is 239. The zero-order valence-electron chi connectivity index (χ0n) is 10.4. The van der Waals surface area contributed by atoms with E-state index in [1.54, 1.807) is 0 Å². The fourth-order valence-electron chi connectivity index (χ4n) is 2.19. The van der Waals surface area contributed by atoms with Gasteiger partial charge in [0.15, 0.2) is 0 Å². The van der Waals surface area contributed by atoms with Gasteiger partial charge >= 0.3 is 0 Å². The molecule has 0 unspecified atom stereocenters. The van der Waals surface area contributed by atoms with Crippen LogP contribution < -0.4 is 5.43 Å². The van der Waals surface area contributed by atoms with Gasteiger partial charge in [0, 0.05) is 39.3 Å². The molecule has 16 heavy (non-hydrogen) atoms. The molecule has 2 rings (SSSR count). The van der Waals surface area contributed by atoms with Gasteiger partial charge in [0.25, 0.3) is 0 Å². The van der Waals surface area contributed by atoms with Gasteiger partial charge in [-0.1, -0.05) is 0 Å². The van der Waals surface area contributed by atoms with Crippen LogP contribution in [0.1, 0.15) is 19.8 Å². The van der Waals surface area contributed by atoms with Crippen LogP contribution in [0.5, 0.6) is 0 Å². The molecule has 2 fully saturated rings. The summed E-state index contributed by atoms with van der Waals surface area (Å²) in [6.45, 7) is 8.65. The summed E-state index contributed by atoms with van der Waals surface area (Å²) in [5.74, 6) is 1.02. The van der Waals surface area contributed by atoms with E-state index in [9.17, 15) is 0 Å². The molecular formula is C11H23N5. The summed E-state index contributed by atoms with van der Waals surface area (Å²) >= 11 is 0. The Balaban J connectivity index is 1.76. The average Bonchev–Trinajstić information content (AvgIpc) is 2.74. The summed E-state index contributed by atoms with van der Waals surface area (Å²) < 4.78 is 0. The molecule has 5 nitrogen and oxygen atoms in total. The summed E-state index contributed by atoms with van der Waals surface area (Å²) in [7, 11) is 2.16. The minimum Gasteiger partial charge on any atom is -0.305 e. The van der Waals surface area contributed by atoms with Crippen molar-refractivity contribution in [3.63, 3.8) is 0 Å². The number of hydrogen-bond donors (Lipinski definition) is 1. The Hall–Kier alpha value is -0.810. The second-order valence-corrected chi connectivity index (χ2v) is 4.75. The van der Waals surface area contributed by atoms with Crippen molar-refractivity contribution in [3.8, 4) is 0 Å². The number of nitrogens with zero attached hydrogens (tertiary/aromatic N) is 4. The molecule has 0 aromatic rings. The number of likely N-dealkylation sites (N-methyl/N-ethyl adjacent to an activating group) is 1. The number of hydrogen-bond acceptors (Lipinski definition) is 4. The molecule has 2 aliphatic rings. The Morgan fingerprint density at radius 2 is 1.62 bits per heavy atom. The number of hydrazine groups is 1. The Morgan fingerprint density at radius 3 is 2.25 bits per heavy atom. The minimum atomic E-state index is 1.02. The highest BCUT2D eigenvalue weighted by Gasteiger charge is 2.14. The van der Waals surface area contributed by atoms with Crippen molar-refractivity contribution in [2.45, 2.75) is 19.8 Å². The second-order valence-electron chi connectivity index (χ2n) is 4.75. The van der Waals surface area contributed by atoms with E-state index in [0.29, 0.717) is 0 Å². The lowest BCUT2D eigenvalue weighted by molar-refractivity contribution is 0.157. The summed E-state index contributed by atoms with van der Waals surface area (Å²) in [5.41, 5.74) is 3.37. The maximum absolute atomic E-state index is 4.60. The standard InChI is InChI=1S/C11H23N5/c1-11(12-15-5-3-4-6-15)13-16-9-7-14(2)8-10-16/h3-10H2,1-2H3,(H,12,13). The summed E-state index contributed by atoms with van der Waals surface area (Å²) in [4.78, 5) is 2.34. The molecule has 0 aromatic carbocycles. The highest BCUT2D eigenvalue weighted by molar-refractivity contribution is 5.78. The first-order valence-corrected chi connectivity index (χ1v) is 6.24. The normalized spacial score (nSPS) is 25.1. The SMILES string of the molecule is CC(=NN1CCN(C)CC1)NN1CCCC1. The van der Waals surface area contributed by atoms with Gasteiger partial charge in [0.1, 0.15) is 5.84 Å². The molecule has 0 aliphatic carbocycles. The van der Waals surface area contributed by atoms with Crippen LogP contribution >= 0.6 is 0 Å². The van der Waals surface area contributed by atoms with Crippen LogP contribution in [0, 0.1) is 0 Å². The molecule has 1 N–H and O–H groups in total. The topological polar surface area (TPSA) is 34.1 Å². The lowest BCUT2D eigenvalue weighted by atomic mass is 10.4. The molecule has 0 amide bonds. The number of amidine groups is 1. The molecule has 0 spiro atoms. The van der Waals surface area contributed by atoms with E-state index >= 15 is 0 Å². The molecule has 0 radical (unpaired) electrons. The number of hydrazone groups is 1. The van der Waals surface area contributed by atoms with E-state index in [2.05, 4.69) is 39.4 Å². The van der Waals surface area contributed by atoms with Crippen LogP contribution in [0.3, 0.4) is 0 Å². The zero-order valence-corrected chi connectivity index (χ0v) is 10.4. The van der Waals surface area contributed by atoms with Crippen LogP contribution in [0.15, 0.2) is 5.10 Å². The van der Waals surface area contributed by atoms with Crippen molar-refractivity contribution < 1.29 is 0 Å². The van der Waals surface area contributed by atoms with E-state index in [4.69, 9.17) is 0 Å². The maximum Gasteiger partial charge on any atom is 0.133 e. The van der Waals surface area contributed by atoms with Gasteiger partial charge < -0.3 is 10.3 Å². The molecule has 0 bridgehead atoms. The summed E-state index contributed by atoms with van der Waals surface area (Å²) in [6, 6.07) is 0. The highest BCUT2D eigenvalue weighted by Crippen LogP contribution is 2.04. The van der Waals surface area contributed by atoms with Crippen LogP contribution in [-0.2, 0) is 0 Å². The molecule has 2 aliphatic heterocycles. The Morgan fingerprint density at radius 1 is 1.00 bits per heavy atom. The van der Waals surface area contributed by atoms with E-state index < -0.39 is 0 Å². The smallest absolute Gasteiger partial charge is 0.133 e. The van der Waals surface area contributed by atoms with Gasteiger partial charge in [-0.25, -0.2) is 5.01 Å². The quantitative estimate of drug-likeness (QED) is 0.536. The van der Waals surface area contributed by atoms with Crippen molar-refractivity contribution in [2.24, 2.45) is 5.10 Å². The molecule has 2 heterocycles. The molecule has 0 aromatic heterocycles. The number of piperazine rings is 1. The molecule has 2 saturated heterocycles. The third kappa shape index (κ3) is 3.35. The first-order valence-electron chi connectivity index (χ1n) is 6.24.